The fraction of sp³-hybridized carbons (Fsp3) is 0.391. The molecule has 5 rings (SSSR count). The molecule has 2 unspecified atom stereocenters. The summed E-state index contributed by atoms with van der Waals surface area (Å²) < 4.78 is 37.1. The zero-order chi connectivity index (χ0) is 22.1. The summed E-state index contributed by atoms with van der Waals surface area (Å²) in [4.78, 5) is 29.9. The molecule has 1 aliphatic heterocycles. The van der Waals surface area contributed by atoms with Crippen molar-refractivity contribution in [1.82, 2.24) is 14.5 Å². The van der Waals surface area contributed by atoms with Crippen molar-refractivity contribution in [1.29, 1.82) is 0 Å². The number of aryl methyl sites for hydroxylation is 2. The number of pyridine rings is 1. The van der Waals surface area contributed by atoms with E-state index in [1.807, 2.05) is 6.92 Å². The SMILES string of the molecule is COc1cccc(C23CCN(C(=O)c4cn(C)c5c(C)c[nH]c(=O)c45)CC2C3(F)F)c1. The maximum absolute atomic E-state index is 15.1. The van der Waals surface area contributed by atoms with Gasteiger partial charge in [-0.2, -0.15) is 0 Å². The van der Waals surface area contributed by atoms with Gasteiger partial charge in [0.05, 0.1) is 34.9 Å². The first-order valence-electron chi connectivity index (χ1n) is 10.2. The Hall–Kier alpha value is -3.16. The minimum absolute atomic E-state index is 0.0524. The lowest BCUT2D eigenvalue weighted by atomic mass is 9.86. The molecule has 2 atom stereocenters. The maximum atomic E-state index is 15.1. The summed E-state index contributed by atoms with van der Waals surface area (Å²) >= 11 is 0. The van der Waals surface area contributed by atoms with Gasteiger partial charge in [0.1, 0.15) is 5.75 Å². The van der Waals surface area contributed by atoms with Crippen molar-refractivity contribution < 1.29 is 18.3 Å². The molecule has 0 spiro atoms. The Labute approximate surface area is 177 Å². The molecular formula is C23H23F2N3O3. The number of carbonyl (C=O) groups excluding carboxylic acids is 1. The number of halogens is 2. The van der Waals surface area contributed by atoms with Gasteiger partial charge in [0.2, 0.25) is 0 Å². The maximum Gasteiger partial charge on any atom is 0.263 e. The molecule has 31 heavy (non-hydrogen) atoms. The van der Waals surface area contributed by atoms with E-state index in [4.69, 9.17) is 4.74 Å². The van der Waals surface area contributed by atoms with Crippen molar-refractivity contribution in [2.75, 3.05) is 20.2 Å². The summed E-state index contributed by atoms with van der Waals surface area (Å²) in [7, 11) is 3.28. The Bertz CT molecular complexity index is 1280. The van der Waals surface area contributed by atoms with Crippen molar-refractivity contribution in [3.05, 3.63) is 63.7 Å². The fourth-order valence-electron chi connectivity index (χ4n) is 5.37. The van der Waals surface area contributed by atoms with Crippen LogP contribution in [0.5, 0.6) is 5.75 Å². The average molecular weight is 427 g/mol. The Balaban J connectivity index is 1.48. The number of likely N-dealkylation sites (tertiary alicyclic amines) is 1. The molecule has 2 aliphatic rings. The molecule has 3 heterocycles. The lowest BCUT2D eigenvalue weighted by molar-refractivity contribution is 0.0691. The number of rotatable bonds is 3. The highest BCUT2D eigenvalue weighted by molar-refractivity contribution is 6.07. The summed E-state index contributed by atoms with van der Waals surface area (Å²) in [6, 6.07) is 6.82. The van der Waals surface area contributed by atoms with Gasteiger partial charge in [-0.3, -0.25) is 9.59 Å². The number of nitrogens with one attached hydrogen (secondary N) is 1. The number of amides is 1. The average Bonchev–Trinajstić information content (AvgIpc) is 3.06. The van der Waals surface area contributed by atoms with Gasteiger partial charge in [0.25, 0.3) is 17.4 Å². The minimum atomic E-state index is -2.90. The van der Waals surface area contributed by atoms with Crippen LogP contribution in [0, 0.1) is 12.8 Å². The lowest BCUT2D eigenvalue weighted by Gasteiger charge is -2.30. The number of hydrogen-bond acceptors (Lipinski definition) is 3. The lowest BCUT2D eigenvalue weighted by Crippen LogP contribution is -2.40. The van der Waals surface area contributed by atoms with Gasteiger partial charge in [0.15, 0.2) is 0 Å². The quantitative estimate of drug-likeness (QED) is 0.698. The van der Waals surface area contributed by atoms with Gasteiger partial charge in [-0.15, -0.1) is 0 Å². The standard InChI is InChI=1S/C23H23F2N3O3/c1-13-10-26-20(29)18-16(11-27(2)19(13)18)21(30)28-8-7-22(17(12-28)23(22,24)25)14-5-4-6-15(9-14)31-3/h4-6,9-11,17H,7-8,12H2,1-3H3,(H,26,29). The van der Waals surface area contributed by atoms with E-state index in [0.717, 1.165) is 5.56 Å². The highest BCUT2D eigenvalue weighted by Gasteiger charge is 2.82. The van der Waals surface area contributed by atoms with E-state index < -0.39 is 17.3 Å². The molecule has 0 bridgehead atoms. The second-order valence-electron chi connectivity index (χ2n) is 8.56. The Morgan fingerprint density at radius 1 is 1.32 bits per heavy atom. The summed E-state index contributed by atoms with van der Waals surface area (Å²) in [6.07, 6.45) is 3.38. The van der Waals surface area contributed by atoms with Crippen LogP contribution in [-0.2, 0) is 12.5 Å². The molecule has 1 saturated heterocycles. The number of carbonyl (C=O) groups is 1. The molecule has 1 aliphatic carbocycles. The van der Waals surface area contributed by atoms with Crippen molar-refractivity contribution in [2.24, 2.45) is 13.0 Å². The highest BCUT2D eigenvalue weighted by atomic mass is 19.3. The molecule has 6 nitrogen and oxygen atoms in total. The number of fused-ring (bicyclic) bond motifs is 2. The molecule has 1 N–H and O–H groups in total. The van der Waals surface area contributed by atoms with Crippen LogP contribution in [-0.4, -0.2) is 46.5 Å². The first-order chi connectivity index (χ1) is 14.7. The third-order valence-corrected chi connectivity index (χ3v) is 7.03. The van der Waals surface area contributed by atoms with Crippen LogP contribution in [0.1, 0.15) is 27.9 Å². The van der Waals surface area contributed by atoms with Gasteiger partial charge in [-0.05, 0) is 36.6 Å². The molecular weight excluding hydrogens is 404 g/mol. The van der Waals surface area contributed by atoms with Crippen LogP contribution in [0.25, 0.3) is 10.9 Å². The van der Waals surface area contributed by atoms with Gasteiger partial charge < -0.3 is 19.2 Å². The van der Waals surface area contributed by atoms with E-state index in [1.54, 1.807) is 48.3 Å². The molecule has 2 fully saturated rings. The van der Waals surface area contributed by atoms with Gasteiger partial charge in [0, 0.05) is 32.5 Å². The monoisotopic (exact) mass is 427 g/mol. The number of aromatic amines is 1. The van der Waals surface area contributed by atoms with E-state index in [2.05, 4.69) is 4.98 Å². The molecule has 1 aromatic carbocycles. The largest absolute Gasteiger partial charge is 0.497 e. The minimum Gasteiger partial charge on any atom is -0.497 e. The number of H-pyrrole nitrogens is 1. The topological polar surface area (TPSA) is 67.3 Å². The van der Waals surface area contributed by atoms with E-state index in [1.165, 1.54) is 12.0 Å². The molecule has 8 heteroatoms. The summed E-state index contributed by atoms with van der Waals surface area (Å²) in [5.41, 5.74) is 0.674. The van der Waals surface area contributed by atoms with Gasteiger partial charge in [-0.1, -0.05) is 12.1 Å². The molecule has 2 aromatic heterocycles. The van der Waals surface area contributed by atoms with E-state index >= 15 is 8.78 Å². The predicted molar refractivity (Wildman–Crippen MR) is 112 cm³/mol. The zero-order valence-electron chi connectivity index (χ0n) is 17.5. The number of benzene rings is 1. The third-order valence-electron chi connectivity index (χ3n) is 7.03. The summed E-state index contributed by atoms with van der Waals surface area (Å²) in [5.74, 6) is -3.71. The Morgan fingerprint density at radius 3 is 2.81 bits per heavy atom. The van der Waals surface area contributed by atoms with Crippen LogP contribution in [0.4, 0.5) is 8.78 Å². The summed E-state index contributed by atoms with van der Waals surface area (Å²) in [5, 5.41) is 0.305. The fourth-order valence-corrected chi connectivity index (χ4v) is 5.37. The number of aromatic nitrogens is 2. The summed E-state index contributed by atoms with van der Waals surface area (Å²) in [6.45, 7) is 1.99. The highest BCUT2D eigenvalue weighted by Crippen LogP contribution is 2.70. The van der Waals surface area contributed by atoms with E-state index in [-0.39, 0.29) is 36.5 Å². The van der Waals surface area contributed by atoms with Crippen LogP contribution in [0.2, 0.25) is 0 Å². The number of ether oxygens (including phenoxy) is 1. The van der Waals surface area contributed by atoms with Crippen LogP contribution in [0.15, 0.2) is 41.5 Å². The predicted octanol–water partition coefficient (Wildman–Crippen LogP) is 3.23. The van der Waals surface area contributed by atoms with Crippen molar-refractivity contribution in [3.63, 3.8) is 0 Å². The van der Waals surface area contributed by atoms with Crippen LogP contribution >= 0.6 is 0 Å². The first-order valence-corrected chi connectivity index (χ1v) is 10.2. The Kier molecular flexibility index (Phi) is 4.10. The second kappa shape index (κ2) is 6.42. The normalized spacial score (nSPS) is 24.2. The molecule has 3 aromatic rings. The van der Waals surface area contributed by atoms with Gasteiger partial charge >= 0.3 is 0 Å². The van der Waals surface area contributed by atoms with Gasteiger partial charge in [-0.25, -0.2) is 8.78 Å². The number of alkyl halides is 2. The molecule has 1 amide bonds. The van der Waals surface area contributed by atoms with E-state index in [9.17, 15) is 9.59 Å². The number of hydrogen-bond donors (Lipinski definition) is 1. The number of nitrogens with zero attached hydrogens (tertiary/aromatic N) is 2. The molecule has 162 valence electrons. The van der Waals surface area contributed by atoms with Crippen LogP contribution < -0.4 is 10.3 Å². The van der Waals surface area contributed by atoms with Crippen molar-refractivity contribution in [2.45, 2.75) is 24.7 Å². The molecule has 0 radical (unpaired) electrons. The zero-order valence-corrected chi connectivity index (χ0v) is 17.5. The third kappa shape index (κ3) is 2.53. The number of piperidine rings is 1. The Morgan fingerprint density at radius 2 is 2.10 bits per heavy atom. The van der Waals surface area contributed by atoms with Crippen LogP contribution in [0.3, 0.4) is 0 Å². The molecule has 1 saturated carbocycles. The van der Waals surface area contributed by atoms with E-state index in [0.29, 0.717) is 22.2 Å². The smallest absolute Gasteiger partial charge is 0.263 e. The van der Waals surface area contributed by atoms with Crippen molar-refractivity contribution >= 4 is 16.8 Å². The van der Waals surface area contributed by atoms with Crippen molar-refractivity contribution in [3.8, 4) is 5.75 Å². The second-order valence-corrected chi connectivity index (χ2v) is 8.56. The first kappa shape index (κ1) is 19.8. The number of methoxy groups -OCH3 is 1.